The number of benzene rings is 2. The minimum Gasteiger partial charge on any atom is -0.490 e. The number of anilines is 1. The quantitative estimate of drug-likeness (QED) is 0.665. The summed E-state index contributed by atoms with van der Waals surface area (Å²) in [5.41, 5.74) is 0.0207. The van der Waals surface area contributed by atoms with E-state index in [1.54, 1.807) is 57.2 Å². The van der Waals surface area contributed by atoms with Crippen molar-refractivity contribution in [1.29, 1.82) is 0 Å². The third-order valence-electron chi connectivity index (χ3n) is 5.75. The summed E-state index contributed by atoms with van der Waals surface area (Å²) in [5, 5.41) is 0. The Morgan fingerprint density at radius 1 is 1.09 bits per heavy atom. The summed E-state index contributed by atoms with van der Waals surface area (Å²) in [6.45, 7) is 6.47. The fourth-order valence-electron chi connectivity index (χ4n) is 4.20. The van der Waals surface area contributed by atoms with Crippen molar-refractivity contribution in [2.75, 3.05) is 31.1 Å². The van der Waals surface area contributed by atoms with Gasteiger partial charge in [-0.1, -0.05) is 18.2 Å². The van der Waals surface area contributed by atoms with Gasteiger partial charge in [-0.05, 0) is 51.5 Å². The number of ether oxygens (including phenoxy) is 2. The van der Waals surface area contributed by atoms with Crippen LogP contribution in [0.1, 0.15) is 27.2 Å². The van der Waals surface area contributed by atoms with Gasteiger partial charge in [-0.2, -0.15) is 0 Å². The van der Waals surface area contributed by atoms with Gasteiger partial charge in [-0.3, -0.25) is 0 Å². The lowest BCUT2D eigenvalue weighted by atomic mass is 10.00. The van der Waals surface area contributed by atoms with Crippen LogP contribution in [-0.4, -0.2) is 63.5 Å². The van der Waals surface area contributed by atoms with Gasteiger partial charge in [0.25, 0.3) is 0 Å². The third kappa shape index (κ3) is 4.93. The summed E-state index contributed by atoms with van der Waals surface area (Å²) >= 11 is 0. The second kappa shape index (κ2) is 8.85. The van der Waals surface area contributed by atoms with Crippen molar-refractivity contribution in [3.05, 3.63) is 48.5 Å². The minimum atomic E-state index is -3.69. The first-order valence-corrected chi connectivity index (χ1v) is 12.5. The number of carbonyl (C=O) groups excluding carboxylic acids is 1. The Kier molecular flexibility index (Phi) is 6.26. The van der Waals surface area contributed by atoms with Crippen LogP contribution in [0.2, 0.25) is 0 Å². The van der Waals surface area contributed by atoms with Gasteiger partial charge in [-0.25, -0.2) is 17.6 Å². The average molecular weight is 477 g/mol. The highest BCUT2D eigenvalue weighted by Gasteiger charge is 2.38. The minimum absolute atomic E-state index is 0.0489. The van der Waals surface area contributed by atoms with E-state index < -0.39 is 33.7 Å². The van der Waals surface area contributed by atoms with Crippen molar-refractivity contribution >= 4 is 21.6 Å². The first-order chi connectivity index (χ1) is 15.6. The molecule has 1 saturated heterocycles. The molecule has 2 heterocycles. The van der Waals surface area contributed by atoms with Crippen molar-refractivity contribution in [3.63, 3.8) is 0 Å². The zero-order valence-electron chi connectivity index (χ0n) is 19.0. The molecule has 0 N–H and O–H groups in total. The number of alkyl halides is 1. The number of hydrogen-bond donors (Lipinski definition) is 0. The van der Waals surface area contributed by atoms with E-state index in [0.717, 1.165) is 0 Å². The predicted molar refractivity (Wildman–Crippen MR) is 122 cm³/mol. The Morgan fingerprint density at radius 2 is 1.82 bits per heavy atom. The van der Waals surface area contributed by atoms with Crippen molar-refractivity contribution in [1.82, 2.24) is 4.90 Å². The van der Waals surface area contributed by atoms with Crippen LogP contribution in [0.15, 0.2) is 58.3 Å². The Bertz CT molecular complexity index is 1120. The van der Waals surface area contributed by atoms with Gasteiger partial charge in [0.2, 0.25) is 9.84 Å². The molecule has 0 bridgehead atoms. The highest BCUT2D eigenvalue weighted by Crippen LogP contribution is 2.38. The lowest BCUT2D eigenvalue weighted by Gasteiger charge is -2.43. The number of piperidine rings is 1. The van der Waals surface area contributed by atoms with E-state index in [4.69, 9.17) is 9.47 Å². The van der Waals surface area contributed by atoms with Gasteiger partial charge in [-0.15, -0.1) is 0 Å². The molecule has 2 aromatic rings. The molecule has 1 fully saturated rings. The number of carbonyl (C=O) groups is 1. The number of halogens is 1. The van der Waals surface area contributed by atoms with Crippen molar-refractivity contribution in [2.24, 2.45) is 0 Å². The van der Waals surface area contributed by atoms with E-state index in [9.17, 15) is 13.2 Å². The Morgan fingerprint density at radius 3 is 2.48 bits per heavy atom. The molecule has 178 valence electrons. The molecule has 2 unspecified atom stereocenters. The van der Waals surface area contributed by atoms with E-state index in [1.807, 2.05) is 4.90 Å². The van der Waals surface area contributed by atoms with Gasteiger partial charge in [0, 0.05) is 12.6 Å². The first kappa shape index (κ1) is 23.4. The largest absolute Gasteiger partial charge is 0.490 e. The van der Waals surface area contributed by atoms with Crippen molar-refractivity contribution < 1.29 is 27.1 Å². The summed E-state index contributed by atoms with van der Waals surface area (Å²) in [4.78, 5) is 16.0. The molecule has 0 saturated carbocycles. The zero-order chi connectivity index (χ0) is 23.8. The molecule has 0 radical (unpaired) electrons. The van der Waals surface area contributed by atoms with Crippen LogP contribution in [0.3, 0.4) is 0 Å². The number of rotatable bonds is 3. The Hall–Kier alpha value is -2.81. The molecular formula is C24H29FN2O5S. The van der Waals surface area contributed by atoms with Gasteiger partial charge in [0.05, 0.1) is 34.6 Å². The summed E-state index contributed by atoms with van der Waals surface area (Å²) in [6, 6.07) is 12.5. The molecule has 2 aliphatic heterocycles. The van der Waals surface area contributed by atoms with E-state index in [-0.39, 0.29) is 16.3 Å². The molecule has 33 heavy (non-hydrogen) atoms. The predicted octanol–water partition coefficient (Wildman–Crippen LogP) is 4.07. The molecule has 1 amide bonds. The van der Waals surface area contributed by atoms with E-state index in [2.05, 4.69) is 0 Å². The van der Waals surface area contributed by atoms with Crippen molar-refractivity contribution in [2.45, 2.75) is 54.8 Å². The second-order valence-corrected chi connectivity index (χ2v) is 11.2. The smallest absolute Gasteiger partial charge is 0.410 e. The first-order valence-electron chi connectivity index (χ1n) is 11.0. The van der Waals surface area contributed by atoms with Crippen LogP contribution in [0.4, 0.5) is 14.9 Å². The van der Waals surface area contributed by atoms with Crippen LogP contribution in [0, 0.1) is 0 Å². The SMILES string of the molecule is CC(C)(C)OC(=O)N1CCC(N2CCOc3cc(S(=O)(=O)c4ccccc4)ccc32)C(F)C1. The van der Waals surface area contributed by atoms with Crippen LogP contribution >= 0.6 is 0 Å². The standard InChI is InChI=1S/C24H29FN2O5S/c1-24(2,3)32-23(28)26-12-11-20(19(25)16-26)27-13-14-31-22-15-18(9-10-21(22)27)33(29,30)17-7-5-4-6-8-17/h4-10,15,19-20H,11-14,16H2,1-3H3. The molecule has 0 spiro atoms. The fraction of sp³-hybridized carbons (Fsp3) is 0.458. The number of amides is 1. The van der Waals surface area contributed by atoms with Gasteiger partial charge in [0.1, 0.15) is 24.1 Å². The number of hydrogen-bond acceptors (Lipinski definition) is 6. The van der Waals surface area contributed by atoms with E-state index in [0.29, 0.717) is 37.6 Å². The number of fused-ring (bicyclic) bond motifs is 1. The molecule has 2 aliphatic rings. The lowest BCUT2D eigenvalue weighted by Crippen LogP contribution is -2.56. The normalized spacial score (nSPS) is 21.2. The van der Waals surface area contributed by atoms with Gasteiger partial charge >= 0.3 is 6.09 Å². The fourth-order valence-corrected chi connectivity index (χ4v) is 5.50. The van der Waals surface area contributed by atoms with Crippen LogP contribution in [0.5, 0.6) is 5.75 Å². The maximum atomic E-state index is 15.2. The highest BCUT2D eigenvalue weighted by molar-refractivity contribution is 7.91. The molecule has 7 nitrogen and oxygen atoms in total. The Labute approximate surface area is 194 Å². The summed E-state index contributed by atoms with van der Waals surface area (Å²) in [7, 11) is -3.69. The molecule has 4 rings (SSSR count). The van der Waals surface area contributed by atoms with Crippen LogP contribution in [-0.2, 0) is 14.6 Å². The van der Waals surface area contributed by atoms with Crippen LogP contribution in [0.25, 0.3) is 0 Å². The lowest BCUT2D eigenvalue weighted by molar-refractivity contribution is 0.0108. The van der Waals surface area contributed by atoms with Gasteiger partial charge < -0.3 is 19.3 Å². The topological polar surface area (TPSA) is 76.2 Å². The third-order valence-corrected chi connectivity index (χ3v) is 7.52. The van der Waals surface area contributed by atoms with Crippen LogP contribution < -0.4 is 9.64 Å². The van der Waals surface area contributed by atoms with Gasteiger partial charge in [0.15, 0.2) is 0 Å². The maximum Gasteiger partial charge on any atom is 0.410 e. The molecule has 2 aromatic carbocycles. The molecule has 0 aliphatic carbocycles. The van der Waals surface area contributed by atoms with Crippen molar-refractivity contribution in [3.8, 4) is 5.75 Å². The maximum absolute atomic E-state index is 15.2. The number of sulfone groups is 1. The van der Waals surface area contributed by atoms with E-state index in [1.165, 1.54) is 17.0 Å². The summed E-state index contributed by atoms with van der Waals surface area (Å²) in [5.74, 6) is 0.417. The molecule has 0 aromatic heterocycles. The molecule has 9 heteroatoms. The summed E-state index contributed by atoms with van der Waals surface area (Å²) < 4.78 is 52.3. The molecule has 2 atom stereocenters. The summed E-state index contributed by atoms with van der Waals surface area (Å²) in [6.07, 6.45) is -1.35. The average Bonchev–Trinajstić information content (AvgIpc) is 2.78. The highest BCUT2D eigenvalue weighted by atomic mass is 32.2. The number of nitrogens with zero attached hydrogens (tertiary/aromatic N) is 2. The number of likely N-dealkylation sites (tertiary alicyclic amines) is 1. The second-order valence-electron chi connectivity index (χ2n) is 9.29. The van der Waals surface area contributed by atoms with E-state index >= 15 is 4.39 Å². The Balaban J connectivity index is 1.53. The zero-order valence-corrected chi connectivity index (χ0v) is 19.8. The molecular weight excluding hydrogens is 447 g/mol. The monoisotopic (exact) mass is 476 g/mol.